The maximum atomic E-state index is 5.37. The van der Waals surface area contributed by atoms with E-state index >= 15 is 0 Å². The molecule has 340 valence electrons. The Kier molecular flexibility index (Phi) is 10.2. The van der Waals surface area contributed by atoms with Gasteiger partial charge in [0.2, 0.25) is 6.71 Å². The quantitative estimate of drug-likeness (QED) is 0.127. The topological polar surface area (TPSA) is 42.1 Å². The second-order valence-electron chi connectivity index (χ2n) is 20.5. The standard InChI is InChI=1S/C62H49BN6.Pt/c1-61(2,3)41-27-31-44(32-28-41)66-52-35-26-40(60-65-50-20-11-13-22-53(50)68(60)43-17-8-7-9-18-43)37-48(52)63-49-39-56-47(46-19-10-12-21-51(46)69(56)58-25-14-15-36-64-58)38-57(49)67(55-24-16-23-54(66)59(55)63)45-33-29-42(30-34-45)62(4,5)6;/h7-36,38H,1-6H3;/q-2;+2. The molecule has 3 aromatic heterocycles. The van der Waals surface area contributed by atoms with Crippen molar-refractivity contribution in [3.8, 4) is 22.9 Å². The Morgan fingerprint density at radius 2 is 1.07 bits per heavy atom. The van der Waals surface area contributed by atoms with Crippen molar-refractivity contribution in [3.05, 3.63) is 211 Å². The summed E-state index contributed by atoms with van der Waals surface area (Å²) >= 11 is 0. The first-order valence-electron chi connectivity index (χ1n) is 24.0. The number of imidazole rings is 1. The van der Waals surface area contributed by atoms with Crippen molar-refractivity contribution in [2.24, 2.45) is 0 Å². The van der Waals surface area contributed by atoms with Crippen LogP contribution in [0.2, 0.25) is 0 Å². The summed E-state index contributed by atoms with van der Waals surface area (Å²) in [5.74, 6) is 1.70. The number of aromatic nitrogens is 4. The Morgan fingerprint density at radius 1 is 0.471 bits per heavy atom. The fourth-order valence-corrected chi connectivity index (χ4v) is 10.9. The van der Waals surface area contributed by atoms with E-state index in [1.165, 1.54) is 16.6 Å². The van der Waals surface area contributed by atoms with Crippen LogP contribution < -0.4 is 26.2 Å². The predicted octanol–water partition coefficient (Wildman–Crippen LogP) is 13.5. The molecule has 0 unspecified atom stereocenters. The van der Waals surface area contributed by atoms with Crippen LogP contribution in [0.25, 0.3) is 55.7 Å². The summed E-state index contributed by atoms with van der Waals surface area (Å²) in [5.41, 5.74) is 18.6. The summed E-state index contributed by atoms with van der Waals surface area (Å²) in [6.45, 7) is 13.4. The SMILES string of the molecule is CC(C)(C)c1ccc(N2c3ccc(-c4nc5ccccc5n4-c4ccccc4)[c-]c3B3c4[c-]c5c(cc4N(c4ccc(C(C)(C)C)cc4)c4cccc2c43)c2ccccc2n5-c2ccccn2)cc1.[Pt+2]. The van der Waals surface area contributed by atoms with Gasteiger partial charge in [-0.15, -0.1) is 40.7 Å². The van der Waals surface area contributed by atoms with Gasteiger partial charge in [0, 0.05) is 40.2 Å². The molecule has 0 amide bonds. The third-order valence-corrected chi connectivity index (χ3v) is 14.2. The zero-order valence-corrected chi connectivity index (χ0v) is 42.2. The molecule has 0 saturated carbocycles. The van der Waals surface area contributed by atoms with Crippen LogP contribution in [0.15, 0.2) is 188 Å². The molecule has 0 radical (unpaired) electrons. The maximum absolute atomic E-state index is 5.37. The van der Waals surface area contributed by atoms with Gasteiger partial charge in [-0.05, 0) is 117 Å². The Bertz CT molecular complexity index is 3810. The minimum Gasteiger partial charge on any atom is -0.366 e. The summed E-state index contributed by atoms with van der Waals surface area (Å²) in [5, 5.41) is 2.28. The number of pyridine rings is 1. The molecule has 70 heavy (non-hydrogen) atoms. The molecule has 8 aromatic carbocycles. The minimum absolute atomic E-state index is 0. The monoisotopic (exact) mass is 1080 g/mol. The fourth-order valence-electron chi connectivity index (χ4n) is 10.9. The van der Waals surface area contributed by atoms with Crippen LogP contribution >= 0.6 is 0 Å². The van der Waals surface area contributed by atoms with Gasteiger partial charge in [-0.2, -0.15) is 11.5 Å². The van der Waals surface area contributed by atoms with Crippen molar-refractivity contribution >= 4 is 90.1 Å². The van der Waals surface area contributed by atoms with Gasteiger partial charge in [0.05, 0.1) is 16.9 Å². The van der Waals surface area contributed by atoms with Crippen molar-refractivity contribution in [2.75, 3.05) is 9.80 Å². The first-order chi connectivity index (χ1) is 33.5. The second kappa shape index (κ2) is 16.3. The number of anilines is 6. The summed E-state index contributed by atoms with van der Waals surface area (Å²) in [4.78, 5) is 15.2. The van der Waals surface area contributed by atoms with E-state index in [0.717, 1.165) is 101 Å². The molecule has 2 aliphatic rings. The number of para-hydroxylation sites is 4. The molecular weight excluding hydrogens is 1030 g/mol. The summed E-state index contributed by atoms with van der Waals surface area (Å²) < 4.78 is 4.56. The van der Waals surface area contributed by atoms with Gasteiger partial charge in [0.1, 0.15) is 5.82 Å². The molecule has 0 bridgehead atoms. The van der Waals surface area contributed by atoms with Gasteiger partial charge in [-0.1, -0.05) is 138 Å². The van der Waals surface area contributed by atoms with Crippen LogP contribution in [0.1, 0.15) is 52.7 Å². The Balaban J connectivity index is 0.00000505. The second-order valence-corrected chi connectivity index (χ2v) is 20.5. The Hall–Kier alpha value is -7.47. The van der Waals surface area contributed by atoms with Crippen LogP contribution in [0.5, 0.6) is 0 Å². The van der Waals surface area contributed by atoms with Gasteiger partial charge in [0.15, 0.2) is 0 Å². The third-order valence-electron chi connectivity index (χ3n) is 14.2. The number of rotatable bonds is 5. The Labute approximate surface area is 424 Å². The van der Waals surface area contributed by atoms with Crippen molar-refractivity contribution in [3.63, 3.8) is 0 Å². The van der Waals surface area contributed by atoms with E-state index in [1.807, 2.05) is 12.3 Å². The van der Waals surface area contributed by atoms with Gasteiger partial charge in [-0.25, -0.2) is 4.98 Å². The molecule has 11 aromatic rings. The molecule has 0 saturated heterocycles. The molecule has 0 atom stereocenters. The van der Waals surface area contributed by atoms with Crippen LogP contribution in [0.3, 0.4) is 0 Å². The van der Waals surface area contributed by atoms with Crippen LogP contribution in [0.4, 0.5) is 34.1 Å². The maximum Gasteiger partial charge on any atom is 2.00 e. The largest absolute Gasteiger partial charge is 2.00 e. The number of hydrogen-bond donors (Lipinski definition) is 0. The van der Waals surface area contributed by atoms with E-state index in [1.54, 1.807) is 0 Å². The minimum atomic E-state index is -0.245. The molecule has 0 spiro atoms. The summed E-state index contributed by atoms with van der Waals surface area (Å²) in [6.07, 6.45) is 1.87. The van der Waals surface area contributed by atoms with Crippen LogP contribution in [0, 0.1) is 12.1 Å². The van der Waals surface area contributed by atoms with Crippen molar-refractivity contribution in [2.45, 2.75) is 52.4 Å². The molecular formula is C62H49BN6Pt. The molecule has 0 N–H and O–H groups in total. The van der Waals surface area contributed by atoms with E-state index in [9.17, 15) is 0 Å². The molecule has 6 nitrogen and oxygen atoms in total. The van der Waals surface area contributed by atoms with Gasteiger partial charge < -0.3 is 18.9 Å². The fraction of sp³-hybridized carbons (Fsp3) is 0.129. The summed E-state index contributed by atoms with van der Waals surface area (Å²) in [6, 6.07) is 74.2. The number of fused-ring (bicyclic) bond motifs is 8. The van der Waals surface area contributed by atoms with Crippen LogP contribution in [-0.4, -0.2) is 25.8 Å². The molecule has 2 aliphatic heterocycles. The number of nitrogens with zero attached hydrogens (tertiary/aromatic N) is 6. The molecule has 8 heteroatoms. The molecule has 0 fully saturated rings. The molecule has 0 aliphatic carbocycles. The average Bonchev–Trinajstić information content (AvgIpc) is 3.92. The zero-order chi connectivity index (χ0) is 46.8. The van der Waals surface area contributed by atoms with Gasteiger partial charge in [0.25, 0.3) is 0 Å². The zero-order valence-electron chi connectivity index (χ0n) is 40.0. The van der Waals surface area contributed by atoms with Crippen molar-refractivity contribution in [1.82, 2.24) is 19.1 Å². The smallest absolute Gasteiger partial charge is 0.366 e. The number of hydrogen-bond acceptors (Lipinski definition) is 4. The van der Waals surface area contributed by atoms with E-state index in [4.69, 9.17) is 9.97 Å². The van der Waals surface area contributed by atoms with Gasteiger partial charge >= 0.3 is 21.1 Å². The Morgan fingerprint density at radius 3 is 1.73 bits per heavy atom. The first-order valence-corrected chi connectivity index (χ1v) is 24.0. The first kappa shape index (κ1) is 43.8. The van der Waals surface area contributed by atoms with E-state index in [2.05, 4.69) is 249 Å². The van der Waals surface area contributed by atoms with Gasteiger partial charge in [-0.3, -0.25) is 4.98 Å². The number of benzene rings is 8. The van der Waals surface area contributed by atoms with E-state index in [-0.39, 0.29) is 38.6 Å². The normalized spacial score (nSPS) is 13.1. The van der Waals surface area contributed by atoms with E-state index in [0.29, 0.717) is 0 Å². The molecule has 13 rings (SSSR count). The third kappa shape index (κ3) is 6.81. The predicted molar refractivity (Wildman–Crippen MR) is 288 cm³/mol. The molecule has 5 heterocycles. The van der Waals surface area contributed by atoms with E-state index < -0.39 is 0 Å². The summed E-state index contributed by atoms with van der Waals surface area (Å²) in [7, 11) is 0. The van der Waals surface area contributed by atoms with Crippen molar-refractivity contribution < 1.29 is 21.1 Å². The van der Waals surface area contributed by atoms with Crippen molar-refractivity contribution in [1.29, 1.82) is 0 Å². The average molecular weight is 1080 g/mol. The van der Waals surface area contributed by atoms with Crippen LogP contribution in [-0.2, 0) is 31.9 Å².